The number of nitrogens with zero attached hydrogens (tertiary/aromatic N) is 1. The maximum absolute atomic E-state index is 14.4. The van der Waals surface area contributed by atoms with E-state index in [9.17, 15) is 26.8 Å². The van der Waals surface area contributed by atoms with Crippen LogP contribution in [0.4, 0.5) is 14.5 Å². The van der Waals surface area contributed by atoms with Crippen LogP contribution in [0.1, 0.15) is 17.3 Å². The molecule has 4 aromatic rings. The number of carbonyl (C=O) groups excluding carboxylic acids is 1. The zero-order valence-corrected chi connectivity index (χ0v) is 19.4. The number of primary amides is 1. The van der Waals surface area contributed by atoms with Gasteiger partial charge in [-0.15, -0.1) is 0 Å². The van der Waals surface area contributed by atoms with Gasteiger partial charge in [0.2, 0.25) is 10.0 Å². The summed E-state index contributed by atoms with van der Waals surface area (Å²) >= 11 is 0. The zero-order chi connectivity index (χ0) is 25.5. The molecule has 35 heavy (non-hydrogen) atoms. The normalized spacial score (nSPS) is 11.5. The number of amides is 1. The molecule has 2 heterocycles. The van der Waals surface area contributed by atoms with Crippen LogP contribution in [0.25, 0.3) is 22.0 Å². The number of pyridine rings is 1. The Morgan fingerprint density at radius 1 is 1.14 bits per heavy atom. The first kappa shape index (κ1) is 24.0. The average molecular weight is 502 g/mol. The number of rotatable bonds is 7. The number of anilines is 1. The van der Waals surface area contributed by atoms with Crippen LogP contribution in [0.5, 0.6) is 11.5 Å². The lowest BCUT2D eigenvalue weighted by Crippen LogP contribution is -2.20. The van der Waals surface area contributed by atoms with Crippen molar-refractivity contribution < 1.29 is 26.7 Å². The van der Waals surface area contributed by atoms with Crippen molar-refractivity contribution in [2.24, 2.45) is 12.8 Å². The fraction of sp³-hybridized carbons (Fsp3) is 0.130. The Morgan fingerprint density at radius 3 is 2.54 bits per heavy atom. The summed E-state index contributed by atoms with van der Waals surface area (Å²) in [6, 6.07) is 6.80. The van der Waals surface area contributed by atoms with Gasteiger partial charge in [-0.1, -0.05) is 0 Å². The number of aromatic nitrogens is 2. The molecule has 4 rings (SSSR count). The van der Waals surface area contributed by atoms with Crippen molar-refractivity contribution in [3.63, 3.8) is 0 Å². The number of nitrogens with two attached hydrogens (primary N) is 1. The molecule has 1 amide bonds. The second-order valence-electron chi connectivity index (χ2n) is 7.67. The number of ether oxygens (including phenoxy) is 1. The Hall–Kier alpha value is -4.19. The van der Waals surface area contributed by atoms with E-state index in [1.54, 1.807) is 12.3 Å². The number of aromatic amines is 1. The number of H-pyrrole nitrogens is 1. The Balaban J connectivity index is 2.04. The van der Waals surface area contributed by atoms with E-state index in [-0.39, 0.29) is 45.1 Å². The number of nitrogens with one attached hydrogen (secondary N) is 2. The minimum absolute atomic E-state index is 0.0788. The van der Waals surface area contributed by atoms with Crippen molar-refractivity contribution in [2.45, 2.75) is 6.92 Å². The van der Waals surface area contributed by atoms with Gasteiger partial charge >= 0.3 is 0 Å². The second-order valence-corrected chi connectivity index (χ2v) is 9.68. The highest BCUT2D eigenvalue weighted by Gasteiger charge is 2.22. The maximum atomic E-state index is 14.4. The van der Waals surface area contributed by atoms with Crippen LogP contribution < -0.4 is 20.8 Å². The fourth-order valence-corrected chi connectivity index (χ4v) is 4.21. The van der Waals surface area contributed by atoms with Crippen LogP contribution in [-0.2, 0) is 17.1 Å². The number of fused-ring (bicyclic) bond motifs is 1. The Labute approximate surface area is 198 Å². The van der Waals surface area contributed by atoms with Crippen molar-refractivity contribution in [1.82, 2.24) is 9.55 Å². The molecule has 0 saturated carbocycles. The van der Waals surface area contributed by atoms with Gasteiger partial charge in [0.1, 0.15) is 17.1 Å². The lowest BCUT2D eigenvalue weighted by molar-refractivity contribution is 0.100. The molecule has 0 radical (unpaired) electrons. The third-order valence-electron chi connectivity index (χ3n) is 5.33. The average Bonchev–Trinajstić information content (AvgIpc) is 3.29. The molecule has 2 aromatic heterocycles. The Morgan fingerprint density at radius 2 is 1.89 bits per heavy atom. The highest BCUT2D eigenvalue weighted by molar-refractivity contribution is 7.92. The zero-order valence-electron chi connectivity index (χ0n) is 18.6. The number of aryl methyl sites for hydroxylation is 1. The first-order valence-corrected chi connectivity index (χ1v) is 11.9. The van der Waals surface area contributed by atoms with Gasteiger partial charge in [-0.2, -0.15) is 0 Å². The summed E-state index contributed by atoms with van der Waals surface area (Å²) in [7, 11) is -2.30. The van der Waals surface area contributed by atoms with Gasteiger partial charge in [-0.05, 0) is 37.3 Å². The Kier molecular flexibility index (Phi) is 6.07. The monoisotopic (exact) mass is 502 g/mol. The standard InChI is InChI=1S/C23H20F2N4O5S/c1-3-35(32,33)28-18-9-14(16-11-29(2)23(31)21-13(16)6-7-27-21)20(10-15(18)22(26)30)34-19-5-4-12(24)8-17(19)25/h4-11,27-28H,3H2,1-2H3,(H2,26,30). The van der Waals surface area contributed by atoms with Crippen LogP contribution >= 0.6 is 0 Å². The summed E-state index contributed by atoms with van der Waals surface area (Å²) in [6.07, 6.45) is 3.04. The minimum atomic E-state index is -3.82. The molecule has 0 bridgehead atoms. The molecule has 0 aliphatic rings. The quantitative estimate of drug-likeness (QED) is 0.356. The van der Waals surface area contributed by atoms with Gasteiger partial charge in [-0.25, -0.2) is 17.2 Å². The molecule has 9 nitrogen and oxygen atoms in total. The summed E-state index contributed by atoms with van der Waals surface area (Å²) < 4.78 is 61.7. The molecular weight excluding hydrogens is 482 g/mol. The van der Waals surface area contributed by atoms with E-state index in [4.69, 9.17) is 10.5 Å². The molecule has 0 saturated heterocycles. The van der Waals surface area contributed by atoms with Gasteiger partial charge in [0.25, 0.3) is 11.5 Å². The van der Waals surface area contributed by atoms with E-state index in [1.807, 2.05) is 0 Å². The van der Waals surface area contributed by atoms with E-state index in [1.165, 1.54) is 30.8 Å². The van der Waals surface area contributed by atoms with Crippen molar-refractivity contribution in [3.8, 4) is 22.6 Å². The lowest BCUT2D eigenvalue weighted by atomic mass is 9.99. The van der Waals surface area contributed by atoms with E-state index in [2.05, 4.69) is 9.71 Å². The SMILES string of the molecule is CCS(=O)(=O)Nc1cc(-c2cn(C)c(=O)c3[nH]ccc23)c(Oc2ccc(F)cc2F)cc1C(N)=O. The highest BCUT2D eigenvalue weighted by Crippen LogP contribution is 2.40. The number of carbonyl (C=O) groups is 1. The predicted octanol–water partition coefficient (Wildman–Crippen LogP) is 3.46. The first-order valence-electron chi connectivity index (χ1n) is 10.3. The van der Waals surface area contributed by atoms with Gasteiger partial charge < -0.3 is 20.0 Å². The molecule has 0 fully saturated rings. The fourth-order valence-electron chi connectivity index (χ4n) is 3.56. The summed E-state index contributed by atoms with van der Waals surface area (Å²) in [5.74, 6) is -3.49. The maximum Gasteiger partial charge on any atom is 0.274 e. The van der Waals surface area contributed by atoms with E-state index in [0.29, 0.717) is 17.0 Å². The first-order chi connectivity index (χ1) is 16.5. The largest absolute Gasteiger partial charge is 0.454 e. The third kappa shape index (κ3) is 4.60. The molecule has 182 valence electrons. The van der Waals surface area contributed by atoms with Crippen molar-refractivity contribution >= 4 is 32.5 Å². The molecule has 0 spiro atoms. The van der Waals surface area contributed by atoms with Crippen molar-refractivity contribution in [2.75, 3.05) is 10.5 Å². The topological polar surface area (TPSA) is 136 Å². The molecule has 2 aromatic carbocycles. The van der Waals surface area contributed by atoms with Crippen LogP contribution in [0, 0.1) is 11.6 Å². The van der Waals surface area contributed by atoms with Gasteiger partial charge in [0.05, 0.1) is 17.0 Å². The number of sulfonamides is 1. The lowest BCUT2D eigenvalue weighted by Gasteiger charge is -2.18. The van der Waals surface area contributed by atoms with Crippen LogP contribution in [0.2, 0.25) is 0 Å². The number of hydrogen-bond acceptors (Lipinski definition) is 5. The van der Waals surface area contributed by atoms with Crippen molar-refractivity contribution in [3.05, 3.63) is 76.3 Å². The molecule has 4 N–H and O–H groups in total. The van der Waals surface area contributed by atoms with E-state index in [0.717, 1.165) is 18.2 Å². The predicted molar refractivity (Wildman–Crippen MR) is 127 cm³/mol. The highest BCUT2D eigenvalue weighted by atomic mass is 32.2. The Bertz CT molecular complexity index is 1640. The molecule has 0 aliphatic heterocycles. The van der Waals surface area contributed by atoms with Gasteiger partial charge in [-0.3, -0.25) is 14.3 Å². The second kappa shape index (κ2) is 8.87. The molecular formula is C23H20F2N4O5S. The minimum Gasteiger partial charge on any atom is -0.454 e. The van der Waals surface area contributed by atoms with E-state index >= 15 is 0 Å². The van der Waals surface area contributed by atoms with Crippen LogP contribution in [-0.4, -0.2) is 29.6 Å². The summed E-state index contributed by atoms with van der Waals surface area (Å²) in [5.41, 5.74) is 5.70. The number of hydrogen-bond donors (Lipinski definition) is 3. The number of benzene rings is 2. The van der Waals surface area contributed by atoms with Crippen molar-refractivity contribution in [1.29, 1.82) is 0 Å². The summed E-state index contributed by atoms with van der Waals surface area (Å²) in [4.78, 5) is 27.6. The van der Waals surface area contributed by atoms with Crippen LogP contribution in [0.3, 0.4) is 0 Å². The summed E-state index contributed by atoms with van der Waals surface area (Å²) in [5, 5.41) is 0.466. The van der Waals surface area contributed by atoms with E-state index < -0.39 is 27.6 Å². The smallest absolute Gasteiger partial charge is 0.274 e. The molecule has 0 atom stereocenters. The van der Waals surface area contributed by atoms with Gasteiger partial charge in [0, 0.05) is 42.0 Å². The third-order valence-corrected chi connectivity index (χ3v) is 6.62. The molecule has 12 heteroatoms. The molecule has 0 unspecified atom stereocenters. The summed E-state index contributed by atoms with van der Waals surface area (Å²) in [6.45, 7) is 1.41. The van der Waals surface area contributed by atoms with Gasteiger partial charge in [0.15, 0.2) is 11.6 Å². The number of halogens is 2. The van der Waals surface area contributed by atoms with Crippen LogP contribution in [0.15, 0.2) is 53.6 Å². The molecule has 0 aliphatic carbocycles.